The van der Waals surface area contributed by atoms with E-state index >= 15 is 0 Å². The first-order chi connectivity index (χ1) is 16.1. The minimum atomic E-state index is -0.439. The maximum atomic E-state index is 13.8. The molecule has 1 unspecified atom stereocenters. The highest BCUT2D eigenvalue weighted by molar-refractivity contribution is 5.89. The molecule has 2 aliphatic heterocycles. The second kappa shape index (κ2) is 9.27. The van der Waals surface area contributed by atoms with E-state index in [-0.39, 0.29) is 17.3 Å². The van der Waals surface area contributed by atoms with Crippen LogP contribution < -0.4 is 5.32 Å². The summed E-state index contributed by atoms with van der Waals surface area (Å²) < 4.78 is 25.6. The van der Waals surface area contributed by atoms with E-state index < -0.39 is 5.82 Å². The summed E-state index contributed by atoms with van der Waals surface area (Å²) in [6.45, 7) is 1.81. The van der Waals surface area contributed by atoms with Gasteiger partial charge in [-0.3, -0.25) is 4.98 Å². The molecule has 2 saturated heterocycles. The Hall–Kier alpha value is -3.33. The maximum Gasteiger partial charge on any atom is 0.321 e. The predicted octanol–water partition coefficient (Wildman–Crippen LogP) is 4.31. The van der Waals surface area contributed by atoms with Crippen molar-refractivity contribution in [1.82, 2.24) is 20.0 Å². The van der Waals surface area contributed by atoms with E-state index in [9.17, 15) is 9.18 Å². The SMILES string of the molecule is O=C(Nc1ccccc1F)N1CCC2(CC1)CC(Cc1nc(-c3cccnc3)no1)CCO2. The third-order valence-electron chi connectivity index (χ3n) is 6.52. The highest BCUT2D eigenvalue weighted by Crippen LogP contribution is 2.39. The van der Waals surface area contributed by atoms with Gasteiger partial charge in [-0.15, -0.1) is 0 Å². The number of ether oxygens (including phenoxy) is 1. The molecule has 8 nitrogen and oxygen atoms in total. The van der Waals surface area contributed by atoms with Crippen molar-refractivity contribution in [3.63, 3.8) is 0 Å². The van der Waals surface area contributed by atoms with E-state index in [1.54, 1.807) is 35.5 Å². The number of hydrogen-bond donors (Lipinski definition) is 1. The number of urea groups is 1. The Morgan fingerprint density at radius 2 is 2.06 bits per heavy atom. The van der Waals surface area contributed by atoms with Crippen LogP contribution in [0.2, 0.25) is 0 Å². The normalized spacial score (nSPS) is 20.0. The van der Waals surface area contributed by atoms with E-state index in [0.29, 0.717) is 43.8 Å². The van der Waals surface area contributed by atoms with Gasteiger partial charge >= 0.3 is 6.03 Å². The number of halogens is 1. The molecule has 2 aliphatic rings. The fourth-order valence-corrected chi connectivity index (χ4v) is 4.72. The van der Waals surface area contributed by atoms with Gasteiger partial charge in [0.15, 0.2) is 0 Å². The summed E-state index contributed by atoms with van der Waals surface area (Å²) in [4.78, 5) is 23.0. The molecule has 1 atom stereocenters. The van der Waals surface area contributed by atoms with Crippen molar-refractivity contribution >= 4 is 11.7 Å². The van der Waals surface area contributed by atoms with E-state index in [1.807, 2.05) is 12.1 Å². The van der Waals surface area contributed by atoms with Gasteiger partial charge in [-0.1, -0.05) is 17.3 Å². The molecule has 4 heterocycles. The zero-order valence-electron chi connectivity index (χ0n) is 18.2. The zero-order chi connectivity index (χ0) is 22.7. The third-order valence-corrected chi connectivity index (χ3v) is 6.52. The largest absolute Gasteiger partial charge is 0.375 e. The minimum Gasteiger partial charge on any atom is -0.375 e. The average molecular weight is 452 g/mol. The molecular formula is C24H26FN5O3. The zero-order valence-corrected chi connectivity index (χ0v) is 18.2. The number of hydrogen-bond acceptors (Lipinski definition) is 6. The van der Waals surface area contributed by atoms with Crippen molar-refractivity contribution in [3.05, 3.63) is 60.5 Å². The molecule has 1 aromatic carbocycles. The molecule has 0 aliphatic carbocycles. The standard InChI is InChI=1S/C24H26FN5O3/c25-19-5-1-2-6-20(19)27-23(31)30-11-8-24(9-12-30)15-17(7-13-32-24)14-21-28-22(29-33-21)18-4-3-10-26-16-18/h1-6,10,16-17H,7-9,11-15H2,(H,27,31). The van der Waals surface area contributed by atoms with Crippen molar-refractivity contribution in [2.45, 2.75) is 37.7 Å². The van der Waals surface area contributed by atoms with Crippen LogP contribution in [0.3, 0.4) is 0 Å². The van der Waals surface area contributed by atoms with Crippen molar-refractivity contribution in [2.24, 2.45) is 5.92 Å². The maximum absolute atomic E-state index is 13.8. The minimum absolute atomic E-state index is 0.196. The molecule has 1 spiro atoms. The number of amides is 2. The molecule has 2 fully saturated rings. The van der Waals surface area contributed by atoms with Crippen molar-refractivity contribution in [2.75, 3.05) is 25.0 Å². The summed E-state index contributed by atoms with van der Waals surface area (Å²) in [6, 6.07) is 9.66. The van der Waals surface area contributed by atoms with E-state index in [0.717, 1.165) is 31.2 Å². The van der Waals surface area contributed by atoms with Gasteiger partial charge in [0.05, 0.1) is 11.3 Å². The number of para-hydroxylation sites is 1. The quantitative estimate of drug-likeness (QED) is 0.636. The fraction of sp³-hybridized carbons (Fsp3) is 0.417. The molecule has 33 heavy (non-hydrogen) atoms. The molecule has 2 aromatic heterocycles. The van der Waals surface area contributed by atoms with Crippen LogP contribution >= 0.6 is 0 Å². The van der Waals surface area contributed by atoms with Gasteiger partial charge in [0, 0.05) is 44.1 Å². The number of carbonyl (C=O) groups excluding carboxylic acids is 1. The Bertz CT molecular complexity index is 1100. The Kier molecular flexibility index (Phi) is 6.04. The van der Waals surface area contributed by atoms with Gasteiger partial charge in [-0.25, -0.2) is 9.18 Å². The van der Waals surface area contributed by atoms with Gasteiger partial charge < -0.3 is 19.5 Å². The van der Waals surface area contributed by atoms with Crippen molar-refractivity contribution < 1.29 is 18.4 Å². The first-order valence-electron chi connectivity index (χ1n) is 11.3. The molecular weight excluding hydrogens is 425 g/mol. The van der Waals surface area contributed by atoms with Gasteiger partial charge in [-0.2, -0.15) is 4.98 Å². The molecule has 2 amide bonds. The number of aromatic nitrogens is 3. The van der Waals surface area contributed by atoms with Crippen LogP contribution in [0.25, 0.3) is 11.4 Å². The number of pyridine rings is 1. The van der Waals surface area contributed by atoms with Gasteiger partial charge in [0.1, 0.15) is 5.82 Å². The molecule has 1 N–H and O–H groups in total. The number of nitrogens with zero attached hydrogens (tertiary/aromatic N) is 4. The van der Waals surface area contributed by atoms with Crippen molar-refractivity contribution in [3.8, 4) is 11.4 Å². The Morgan fingerprint density at radius 1 is 1.21 bits per heavy atom. The second-order valence-electron chi connectivity index (χ2n) is 8.74. The highest BCUT2D eigenvalue weighted by atomic mass is 19.1. The summed E-state index contributed by atoms with van der Waals surface area (Å²) in [7, 11) is 0. The number of benzene rings is 1. The second-order valence-corrected chi connectivity index (χ2v) is 8.74. The van der Waals surface area contributed by atoms with Crippen LogP contribution in [0.1, 0.15) is 31.6 Å². The van der Waals surface area contributed by atoms with E-state index in [1.165, 1.54) is 6.07 Å². The van der Waals surface area contributed by atoms with E-state index in [2.05, 4.69) is 20.4 Å². The lowest BCUT2D eigenvalue weighted by Crippen LogP contribution is -2.51. The first kappa shape index (κ1) is 21.5. The van der Waals surface area contributed by atoms with Crippen LogP contribution in [-0.4, -0.2) is 51.4 Å². The summed E-state index contributed by atoms with van der Waals surface area (Å²) in [5, 5.41) is 6.76. The number of anilines is 1. The Morgan fingerprint density at radius 3 is 2.85 bits per heavy atom. The number of carbonyl (C=O) groups is 1. The fourth-order valence-electron chi connectivity index (χ4n) is 4.72. The number of nitrogens with one attached hydrogen (secondary N) is 1. The van der Waals surface area contributed by atoms with Crippen LogP contribution in [-0.2, 0) is 11.2 Å². The molecule has 3 aromatic rings. The molecule has 172 valence electrons. The number of rotatable bonds is 4. The lowest BCUT2D eigenvalue weighted by molar-refractivity contribution is -0.123. The van der Waals surface area contributed by atoms with Crippen molar-refractivity contribution in [1.29, 1.82) is 0 Å². The Labute approximate surface area is 191 Å². The number of piperidine rings is 1. The Balaban J connectivity index is 1.16. The summed E-state index contributed by atoms with van der Waals surface area (Å²) in [5.74, 6) is 1.11. The summed E-state index contributed by atoms with van der Waals surface area (Å²) >= 11 is 0. The molecule has 0 bridgehead atoms. The smallest absolute Gasteiger partial charge is 0.321 e. The lowest BCUT2D eigenvalue weighted by atomic mass is 9.78. The third kappa shape index (κ3) is 4.88. The molecule has 0 saturated carbocycles. The molecule has 9 heteroatoms. The van der Waals surface area contributed by atoms with Crippen LogP contribution in [0.4, 0.5) is 14.9 Å². The van der Waals surface area contributed by atoms with Crippen LogP contribution in [0.15, 0.2) is 53.3 Å². The lowest BCUT2D eigenvalue weighted by Gasteiger charge is -2.46. The highest BCUT2D eigenvalue weighted by Gasteiger charge is 2.41. The van der Waals surface area contributed by atoms with Crippen LogP contribution in [0, 0.1) is 11.7 Å². The first-order valence-corrected chi connectivity index (χ1v) is 11.3. The molecule has 5 rings (SSSR count). The summed E-state index contributed by atoms with van der Waals surface area (Å²) in [6.07, 6.45) is 7.45. The van der Waals surface area contributed by atoms with Gasteiger partial charge in [0.25, 0.3) is 0 Å². The average Bonchev–Trinajstić information content (AvgIpc) is 3.30. The predicted molar refractivity (Wildman–Crippen MR) is 119 cm³/mol. The van der Waals surface area contributed by atoms with Gasteiger partial charge in [0.2, 0.25) is 11.7 Å². The molecule has 0 radical (unpaired) electrons. The van der Waals surface area contributed by atoms with E-state index in [4.69, 9.17) is 9.26 Å². The van der Waals surface area contributed by atoms with Gasteiger partial charge in [-0.05, 0) is 55.9 Å². The number of likely N-dealkylation sites (tertiary alicyclic amines) is 1. The van der Waals surface area contributed by atoms with Crippen LogP contribution in [0.5, 0.6) is 0 Å². The topological polar surface area (TPSA) is 93.4 Å². The summed E-state index contributed by atoms with van der Waals surface area (Å²) in [5.41, 5.74) is 0.781. The monoisotopic (exact) mass is 451 g/mol.